The molecule has 132 valence electrons. The van der Waals surface area contributed by atoms with Gasteiger partial charge in [0.15, 0.2) is 0 Å². The molecule has 1 aromatic rings. The van der Waals surface area contributed by atoms with Crippen molar-refractivity contribution in [2.24, 2.45) is 11.8 Å². The zero-order valence-electron chi connectivity index (χ0n) is 13.1. The number of carbonyl (C=O) groups is 2. The predicted octanol–water partition coefficient (Wildman–Crippen LogP) is 3.41. The molecule has 0 aromatic heterocycles. The second kappa shape index (κ2) is 7.68. The Morgan fingerprint density at radius 1 is 1.17 bits per heavy atom. The first kappa shape index (κ1) is 18.3. The molecule has 1 aliphatic carbocycles. The number of rotatable bonds is 5. The number of amides is 1. The van der Waals surface area contributed by atoms with Gasteiger partial charge < -0.3 is 10.4 Å². The molecular weight excluding hydrogens is 323 g/mol. The van der Waals surface area contributed by atoms with Gasteiger partial charge in [-0.05, 0) is 43.4 Å². The first-order chi connectivity index (χ1) is 11.3. The van der Waals surface area contributed by atoms with Crippen molar-refractivity contribution in [2.45, 2.75) is 38.3 Å². The van der Waals surface area contributed by atoms with Crippen LogP contribution in [0, 0.1) is 11.8 Å². The molecule has 1 aromatic carbocycles. The van der Waals surface area contributed by atoms with E-state index in [1.54, 1.807) is 12.1 Å². The summed E-state index contributed by atoms with van der Waals surface area (Å²) >= 11 is 0. The first-order valence-corrected chi connectivity index (χ1v) is 7.94. The van der Waals surface area contributed by atoms with Gasteiger partial charge in [-0.25, -0.2) is 4.79 Å². The van der Waals surface area contributed by atoms with Gasteiger partial charge >= 0.3 is 12.1 Å². The van der Waals surface area contributed by atoms with Gasteiger partial charge in [0.25, 0.3) is 0 Å². The quantitative estimate of drug-likeness (QED) is 0.861. The van der Waals surface area contributed by atoms with E-state index in [2.05, 4.69) is 5.32 Å². The molecule has 1 saturated carbocycles. The number of aromatic carboxylic acids is 1. The minimum Gasteiger partial charge on any atom is -0.478 e. The summed E-state index contributed by atoms with van der Waals surface area (Å²) in [5, 5.41) is 11.5. The van der Waals surface area contributed by atoms with E-state index in [0.717, 1.165) is 5.56 Å². The Labute approximate surface area is 138 Å². The predicted molar refractivity (Wildman–Crippen MR) is 81.6 cm³/mol. The van der Waals surface area contributed by atoms with E-state index in [4.69, 9.17) is 5.11 Å². The number of hydrogen-bond donors (Lipinski definition) is 2. The van der Waals surface area contributed by atoms with Gasteiger partial charge in [0, 0.05) is 12.5 Å². The third-order valence-electron chi connectivity index (χ3n) is 4.42. The monoisotopic (exact) mass is 343 g/mol. The first-order valence-electron chi connectivity index (χ1n) is 7.94. The molecule has 2 unspecified atom stereocenters. The molecule has 2 atom stereocenters. The molecule has 0 bridgehead atoms. The summed E-state index contributed by atoms with van der Waals surface area (Å²) in [4.78, 5) is 22.8. The van der Waals surface area contributed by atoms with E-state index < -0.39 is 24.0 Å². The lowest BCUT2D eigenvalue weighted by atomic mass is 9.80. The fourth-order valence-corrected chi connectivity index (χ4v) is 3.01. The minimum absolute atomic E-state index is 0.100. The molecule has 0 aliphatic heterocycles. The van der Waals surface area contributed by atoms with Crippen LogP contribution in [0.3, 0.4) is 0 Å². The summed E-state index contributed by atoms with van der Waals surface area (Å²) in [6.45, 7) is 0.318. The smallest absolute Gasteiger partial charge is 0.391 e. The lowest BCUT2D eigenvalue weighted by Crippen LogP contribution is -2.38. The van der Waals surface area contributed by atoms with Gasteiger partial charge in [0.05, 0.1) is 11.5 Å². The van der Waals surface area contributed by atoms with Crippen LogP contribution in [0.15, 0.2) is 24.3 Å². The lowest BCUT2D eigenvalue weighted by Gasteiger charge is -2.29. The fourth-order valence-electron chi connectivity index (χ4n) is 3.01. The molecular formula is C17H20F3NO3. The average Bonchev–Trinajstić information content (AvgIpc) is 2.54. The highest BCUT2D eigenvalue weighted by molar-refractivity contribution is 5.87. The van der Waals surface area contributed by atoms with Crippen LogP contribution < -0.4 is 5.32 Å². The van der Waals surface area contributed by atoms with Gasteiger partial charge in [-0.1, -0.05) is 18.6 Å². The number of nitrogens with one attached hydrogen (secondary N) is 1. The highest BCUT2D eigenvalue weighted by Gasteiger charge is 2.43. The average molecular weight is 343 g/mol. The number of halogens is 3. The summed E-state index contributed by atoms with van der Waals surface area (Å²) in [5.41, 5.74) is 1.04. The number of hydrogen-bond acceptors (Lipinski definition) is 2. The van der Waals surface area contributed by atoms with Crippen LogP contribution in [0.25, 0.3) is 0 Å². The van der Waals surface area contributed by atoms with Gasteiger partial charge in [-0.15, -0.1) is 0 Å². The minimum atomic E-state index is -4.23. The van der Waals surface area contributed by atoms with E-state index >= 15 is 0 Å². The number of benzene rings is 1. The third kappa shape index (κ3) is 4.97. The summed E-state index contributed by atoms with van der Waals surface area (Å²) in [6.07, 6.45) is -2.86. The molecule has 2 rings (SSSR count). The van der Waals surface area contributed by atoms with Gasteiger partial charge in [-0.2, -0.15) is 13.2 Å². The van der Waals surface area contributed by atoms with E-state index in [1.807, 2.05) is 0 Å². The van der Waals surface area contributed by atoms with Crippen molar-refractivity contribution in [3.8, 4) is 0 Å². The topological polar surface area (TPSA) is 66.4 Å². The number of carbonyl (C=O) groups excluding carboxylic acids is 1. The van der Waals surface area contributed by atoms with Crippen molar-refractivity contribution in [1.82, 2.24) is 5.32 Å². The Morgan fingerprint density at radius 3 is 2.42 bits per heavy atom. The van der Waals surface area contributed by atoms with E-state index in [0.29, 0.717) is 25.8 Å². The third-order valence-corrected chi connectivity index (χ3v) is 4.42. The van der Waals surface area contributed by atoms with Gasteiger partial charge in [-0.3, -0.25) is 4.79 Å². The number of alkyl halides is 3. The van der Waals surface area contributed by atoms with Crippen molar-refractivity contribution in [3.63, 3.8) is 0 Å². The molecule has 0 radical (unpaired) electrons. The highest BCUT2D eigenvalue weighted by Crippen LogP contribution is 2.39. The van der Waals surface area contributed by atoms with Crippen LogP contribution in [-0.2, 0) is 11.2 Å². The maximum Gasteiger partial charge on any atom is 0.391 e. The second-order valence-corrected chi connectivity index (χ2v) is 6.15. The Hall–Kier alpha value is -2.05. The van der Waals surface area contributed by atoms with Crippen LogP contribution in [0.2, 0.25) is 0 Å². The molecule has 1 amide bonds. The Bertz CT molecular complexity index is 584. The molecule has 0 saturated heterocycles. The Morgan fingerprint density at radius 2 is 1.83 bits per heavy atom. The van der Waals surface area contributed by atoms with Crippen LogP contribution in [0.1, 0.15) is 41.6 Å². The van der Waals surface area contributed by atoms with Gasteiger partial charge in [0.2, 0.25) is 5.91 Å². The summed E-state index contributed by atoms with van der Waals surface area (Å²) in [6, 6.07) is 6.29. The summed E-state index contributed by atoms with van der Waals surface area (Å²) in [7, 11) is 0. The lowest BCUT2D eigenvalue weighted by molar-refractivity contribution is -0.186. The van der Waals surface area contributed by atoms with Crippen molar-refractivity contribution >= 4 is 11.9 Å². The van der Waals surface area contributed by atoms with Crippen molar-refractivity contribution < 1.29 is 27.9 Å². The molecule has 7 heteroatoms. The summed E-state index contributed by atoms with van der Waals surface area (Å²) < 4.78 is 38.3. The zero-order chi connectivity index (χ0) is 17.7. The molecule has 24 heavy (non-hydrogen) atoms. The SMILES string of the molecule is O=C(O)c1ccc(CCNC(=O)C2CCCC(C(F)(F)F)C2)cc1. The van der Waals surface area contributed by atoms with Crippen molar-refractivity contribution in [3.05, 3.63) is 35.4 Å². The fraction of sp³-hybridized carbons (Fsp3) is 0.529. The van der Waals surface area contributed by atoms with Crippen LogP contribution in [0.5, 0.6) is 0 Å². The van der Waals surface area contributed by atoms with Gasteiger partial charge in [0.1, 0.15) is 0 Å². The number of carboxylic acid groups (broad SMARTS) is 1. The Balaban J connectivity index is 1.79. The van der Waals surface area contributed by atoms with Crippen molar-refractivity contribution in [1.29, 1.82) is 0 Å². The zero-order valence-corrected chi connectivity index (χ0v) is 13.1. The summed E-state index contributed by atoms with van der Waals surface area (Å²) in [5.74, 6) is -3.30. The molecule has 0 spiro atoms. The maximum absolute atomic E-state index is 12.8. The standard InChI is InChI=1S/C17H20F3NO3/c18-17(19,20)14-3-1-2-13(10-14)15(22)21-9-8-11-4-6-12(7-5-11)16(23)24/h4-7,13-14H,1-3,8-10H2,(H,21,22)(H,23,24). The molecule has 1 aliphatic rings. The second-order valence-electron chi connectivity index (χ2n) is 6.15. The Kier molecular flexibility index (Phi) is 5.85. The van der Waals surface area contributed by atoms with Crippen LogP contribution in [0.4, 0.5) is 13.2 Å². The van der Waals surface area contributed by atoms with E-state index in [9.17, 15) is 22.8 Å². The molecule has 1 fully saturated rings. The maximum atomic E-state index is 12.8. The van der Waals surface area contributed by atoms with E-state index in [1.165, 1.54) is 12.1 Å². The highest BCUT2D eigenvalue weighted by atomic mass is 19.4. The van der Waals surface area contributed by atoms with Crippen molar-refractivity contribution in [2.75, 3.05) is 6.54 Å². The number of carboxylic acids is 1. The van der Waals surface area contributed by atoms with Crippen LogP contribution in [-0.4, -0.2) is 29.7 Å². The van der Waals surface area contributed by atoms with E-state index in [-0.39, 0.29) is 24.3 Å². The molecule has 0 heterocycles. The normalized spacial score (nSPS) is 21.3. The molecule has 4 nitrogen and oxygen atoms in total. The molecule has 2 N–H and O–H groups in total. The van der Waals surface area contributed by atoms with Crippen LogP contribution >= 0.6 is 0 Å². The largest absolute Gasteiger partial charge is 0.478 e.